The second-order valence-electron chi connectivity index (χ2n) is 5.71. The molecule has 0 heterocycles. The summed E-state index contributed by atoms with van der Waals surface area (Å²) in [6, 6.07) is 0. The molecule has 3 N–H and O–H groups in total. The van der Waals surface area contributed by atoms with Gasteiger partial charge >= 0.3 is 0 Å². The zero-order valence-corrected chi connectivity index (χ0v) is 17.0. The Bertz CT molecular complexity index is 597. The Balaban J connectivity index is 5.65. The number of halogens is 1. The quantitative estimate of drug-likeness (QED) is 0.270. The molecule has 0 aliphatic heterocycles. The van der Waals surface area contributed by atoms with Gasteiger partial charge in [-0.25, -0.2) is 9.40 Å². The lowest BCUT2D eigenvalue weighted by Gasteiger charge is -2.35. The Morgan fingerprint density at radius 3 is 2.42 bits per heavy atom. The molecule has 0 aromatic rings. The van der Waals surface area contributed by atoms with Crippen molar-refractivity contribution in [1.82, 2.24) is 15.3 Å². The first-order valence-corrected chi connectivity index (χ1v) is 8.75. The van der Waals surface area contributed by atoms with Gasteiger partial charge in [-0.3, -0.25) is 10.0 Å². The summed E-state index contributed by atoms with van der Waals surface area (Å²) in [7, 11) is 5.68. The largest absolute Gasteiger partial charge is 0.367 e. The molecule has 0 aromatic heterocycles. The van der Waals surface area contributed by atoms with Crippen molar-refractivity contribution in [3.63, 3.8) is 0 Å². The van der Waals surface area contributed by atoms with E-state index in [0.29, 0.717) is 13.1 Å². The predicted molar refractivity (Wildman–Crippen MR) is 111 cm³/mol. The number of nitrogens with two attached hydrogens (primary N) is 1. The van der Waals surface area contributed by atoms with Gasteiger partial charge in [-0.05, 0) is 32.4 Å². The van der Waals surface area contributed by atoms with Crippen LogP contribution < -0.4 is 11.1 Å². The van der Waals surface area contributed by atoms with E-state index in [1.54, 1.807) is 13.1 Å². The maximum atomic E-state index is 13.3. The molecule has 0 fully saturated rings. The number of nitrogens with one attached hydrogen (secondary N) is 1. The molecular formula is C20H34FN5. The monoisotopic (exact) mass is 363 g/mol. The highest BCUT2D eigenvalue weighted by atomic mass is 19.1. The maximum absolute atomic E-state index is 13.3. The van der Waals surface area contributed by atoms with Gasteiger partial charge in [0.1, 0.15) is 11.7 Å². The summed E-state index contributed by atoms with van der Waals surface area (Å²) in [6.07, 6.45) is 8.63. The third-order valence-corrected chi connectivity index (χ3v) is 3.75. The Hall–Kier alpha value is -2.18. The number of aliphatic imine (C=N–C) groups is 1. The van der Waals surface area contributed by atoms with Crippen LogP contribution in [-0.4, -0.2) is 50.1 Å². The van der Waals surface area contributed by atoms with Gasteiger partial charge in [0, 0.05) is 45.5 Å². The molecule has 0 unspecified atom stereocenters. The summed E-state index contributed by atoms with van der Waals surface area (Å²) in [5.41, 5.74) is 9.16. The van der Waals surface area contributed by atoms with Gasteiger partial charge < -0.3 is 11.1 Å². The maximum Gasteiger partial charge on any atom is 0.125 e. The van der Waals surface area contributed by atoms with Gasteiger partial charge in [0.15, 0.2) is 0 Å². The predicted octanol–water partition coefficient (Wildman–Crippen LogP) is 3.53. The molecule has 0 aliphatic rings. The van der Waals surface area contributed by atoms with Crippen LogP contribution in [0.5, 0.6) is 0 Å². The van der Waals surface area contributed by atoms with Crippen molar-refractivity contribution < 1.29 is 4.39 Å². The number of amidine groups is 1. The van der Waals surface area contributed by atoms with Gasteiger partial charge in [-0.1, -0.05) is 31.7 Å². The lowest BCUT2D eigenvalue weighted by molar-refractivity contribution is 0.105. The van der Waals surface area contributed by atoms with Crippen LogP contribution in [0.4, 0.5) is 4.39 Å². The molecule has 0 aromatic carbocycles. The third kappa shape index (κ3) is 7.37. The first-order valence-electron chi connectivity index (χ1n) is 8.75. The number of rotatable bonds is 10. The average molecular weight is 364 g/mol. The zero-order chi connectivity index (χ0) is 20.1. The smallest absolute Gasteiger partial charge is 0.125 e. The van der Waals surface area contributed by atoms with Gasteiger partial charge in [-0.2, -0.15) is 0 Å². The molecule has 0 spiro atoms. The summed E-state index contributed by atoms with van der Waals surface area (Å²) in [5, 5.41) is 7.32. The fourth-order valence-corrected chi connectivity index (χ4v) is 2.55. The summed E-state index contributed by atoms with van der Waals surface area (Å²) in [6.45, 7) is 10.4. The topological polar surface area (TPSA) is 56.9 Å². The molecule has 5 nitrogen and oxygen atoms in total. The van der Waals surface area contributed by atoms with Crippen LogP contribution in [0, 0.1) is 0 Å². The lowest BCUT2D eigenvalue weighted by Crippen LogP contribution is -2.40. The lowest BCUT2D eigenvalue weighted by atomic mass is 10.1. The Morgan fingerprint density at radius 2 is 2.00 bits per heavy atom. The fourth-order valence-electron chi connectivity index (χ4n) is 2.55. The molecule has 26 heavy (non-hydrogen) atoms. The SMILES string of the molecule is C=C/C=C(F)\C=C\CNC(=NC)/C(CC)=C(\CN)N(/C(C)=C/C)N(C)C. The molecule has 146 valence electrons. The van der Waals surface area contributed by atoms with Crippen LogP contribution in [0.1, 0.15) is 27.2 Å². The molecule has 0 atom stereocenters. The van der Waals surface area contributed by atoms with Crippen LogP contribution >= 0.6 is 0 Å². The van der Waals surface area contributed by atoms with Crippen LogP contribution in [0.15, 0.2) is 64.7 Å². The van der Waals surface area contributed by atoms with Gasteiger partial charge in [0.25, 0.3) is 0 Å². The van der Waals surface area contributed by atoms with Crippen LogP contribution in [0.25, 0.3) is 0 Å². The third-order valence-electron chi connectivity index (χ3n) is 3.75. The minimum atomic E-state index is -0.340. The Labute approximate surface area is 158 Å². The van der Waals surface area contributed by atoms with E-state index in [2.05, 4.69) is 28.8 Å². The minimum Gasteiger partial charge on any atom is -0.367 e. The van der Waals surface area contributed by atoms with E-state index in [0.717, 1.165) is 29.2 Å². The molecule has 0 saturated carbocycles. The molecule has 6 heteroatoms. The summed E-state index contributed by atoms with van der Waals surface area (Å²) < 4.78 is 13.3. The van der Waals surface area contributed by atoms with Crippen molar-refractivity contribution in [1.29, 1.82) is 0 Å². The summed E-state index contributed by atoms with van der Waals surface area (Å²) in [4.78, 5) is 4.38. The van der Waals surface area contributed by atoms with Gasteiger partial charge in [-0.15, -0.1) is 0 Å². The van der Waals surface area contributed by atoms with E-state index in [4.69, 9.17) is 5.73 Å². The second kappa shape index (κ2) is 13.1. The number of hydrogen-bond donors (Lipinski definition) is 2. The second-order valence-corrected chi connectivity index (χ2v) is 5.71. The minimum absolute atomic E-state index is 0.340. The van der Waals surface area contributed by atoms with Crippen molar-refractivity contribution in [2.75, 3.05) is 34.2 Å². The van der Waals surface area contributed by atoms with E-state index in [9.17, 15) is 4.39 Å². The van der Waals surface area contributed by atoms with E-state index in [-0.39, 0.29) is 5.83 Å². The van der Waals surface area contributed by atoms with Crippen molar-refractivity contribution in [2.45, 2.75) is 27.2 Å². The summed E-state index contributed by atoms with van der Waals surface area (Å²) in [5.74, 6) is 0.412. The fraction of sp³-hybridized carbons (Fsp3) is 0.450. The highest BCUT2D eigenvalue weighted by Crippen LogP contribution is 2.20. The molecule has 0 rings (SSSR count). The standard InChI is InChI=1S/C20H34FN5/c1-8-12-17(21)13-11-14-24-20(23-5)18(10-3)19(15-22)26(25(6)7)16(4)9-2/h8-9,11-13H,1,10,14-15,22H2,2-7H3,(H,23,24)/b13-11+,16-9+,17-12+,19-18+. The van der Waals surface area contributed by atoms with E-state index in [1.165, 1.54) is 18.2 Å². The molecular weight excluding hydrogens is 329 g/mol. The average Bonchev–Trinajstić information content (AvgIpc) is 2.62. The van der Waals surface area contributed by atoms with Crippen molar-refractivity contribution in [3.8, 4) is 0 Å². The molecule has 0 bridgehead atoms. The number of nitrogens with zero attached hydrogens (tertiary/aromatic N) is 3. The summed E-state index contributed by atoms with van der Waals surface area (Å²) >= 11 is 0. The normalized spacial score (nSPS) is 14.7. The molecule has 0 radical (unpaired) electrons. The molecule has 0 amide bonds. The van der Waals surface area contributed by atoms with Crippen molar-refractivity contribution >= 4 is 5.84 Å². The van der Waals surface area contributed by atoms with Gasteiger partial charge in [0.2, 0.25) is 0 Å². The zero-order valence-electron chi connectivity index (χ0n) is 17.0. The van der Waals surface area contributed by atoms with E-state index >= 15 is 0 Å². The van der Waals surface area contributed by atoms with Crippen molar-refractivity contribution in [2.24, 2.45) is 10.7 Å². The first kappa shape index (κ1) is 23.8. The Kier molecular flexibility index (Phi) is 12.0. The van der Waals surface area contributed by atoms with Crippen LogP contribution in [0.3, 0.4) is 0 Å². The number of hydrogen-bond acceptors (Lipinski definition) is 4. The van der Waals surface area contributed by atoms with Crippen LogP contribution in [0.2, 0.25) is 0 Å². The van der Waals surface area contributed by atoms with E-state index in [1.807, 2.05) is 39.0 Å². The van der Waals surface area contributed by atoms with Crippen LogP contribution in [-0.2, 0) is 0 Å². The number of allylic oxidation sites excluding steroid dienone is 6. The van der Waals surface area contributed by atoms with Crippen molar-refractivity contribution in [3.05, 3.63) is 59.8 Å². The number of hydrazine groups is 1. The van der Waals surface area contributed by atoms with E-state index < -0.39 is 0 Å². The molecule has 0 aliphatic carbocycles. The van der Waals surface area contributed by atoms with Gasteiger partial charge in [0.05, 0.1) is 5.70 Å². The first-order chi connectivity index (χ1) is 12.4. The highest BCUT2D eigenvalue weighted by molar-refractivity contribution is 5.99. The molecule has 0 saturated heterocycles. The highest BCUT2D eigenvalue weighted by Gasteiger charge is 2.19. The Morgan fingerprint density at radius 1 is 1.35 bits per heavy atom.